The lowest BCUT2D eigenvalue weighted by molar-refractivity contribution is 0.0997. The lowest BCUT2D eigenvalue weighted by Gasteiger charge is -2.07. The van der Waals surface area contributed by atoms with Crippen molar-refractivity contribution in [1.29, 1.82) is 0 Å². The van der Waals surface area contributed by atoms with Crippen molar-refractivity contribution < 1.29 is 4.79 Å². The molecule has 4 aromatic rings. The first-order chi connectivity index (χ1) is 12.9. The second-order valence-electron chi connectivity index (χ2n) is 5.71. The minimum Gasteiger partial charge on any atom is -0.364 e. The molecule has 0 radical (unpaired) electrons. The quantitative estimate of drug-likeness (QED) is 0.551. The molecule has 7 nitrogen and oxygen atoms in total. The molecule has 0 spiro atoms. The minimum absolute atomic E-state index is 0.0900. The van der Waals surface area contributed by atoms with Crippen molar-refractivity contribution in [3.8, 4) is 17.1 Å². The smallest absolute Gasteiger partial charge is 0.332 e. The van der Waals surface area contributed by atoms with E-state index in [2.05, 4.69) is 15.0 Å². The van der Waals surface area contributed by atoms with Crippen molar-refractivity contribution in [3.63, 3.8) is 0 Å². The Morgan fingerprint density at radius 1 is 1.04 bits per heavy atom. The van der Waals surface area contributed by atoms with E-state index in [0.717, 1.165) is 0 Å². The van der Waals surface area contributed by atoms with Gasteiger partial charge in [0.25, 0.3) is 5.91 Å². The number of amides is 1. The summed E-state index contributed by atoms with van der Waals surface area (Å²) in [5.41, 5.74) is 6.32. The summed E-state index contributed by atoms with van der Waals surface area (Å²) in [5, 5.41) is 0.936. The van der Waals surface area contributed by atoms with Crippen molar-refractivity contribution in [1.82, 2.24) is 19.5 Å². The second-order valence-corrected chi connectivity index (χ2v) is 6.59. The van der Waals surface area contributed by atoms with Gasteiger partial charge >= 0.3 is 5.69 Å². The highest BCUT2D eigenvalue weighted by atomic mass is 35.5. The largest absolute Gasteiger partial charge is 0.364 e. The molecule has 0 bridgehead atoms. The monoisotopic (exact) mass is 399 g/mol. The molecule has 0 fully saturated rings. The van der Waals surface area contributed by atoms with Crippen LogP contribution in [0.4, 0.5) is 0 Å². The molecule has 0 atom stereocenters. The maximum absolute atomic E-state index is 12.6. The number of fused-ring (bicyclic) bond motifs is 1. The summed E-state index contributed by atoms with van der Waals surface area (Å²) in [7, 11) is 0. The van der Waals surface area contributed by atoms with Gasteiger partial charge in [0.1, 0.15) is 5.52 Å². The van der Waals surface area contributed by atoms with E-state index in [1.807, 2.05) is 0 Å². The summed E-state index contributed by atoms with van der Waals surface area (Å²) in [6, 6.07) is 13.5. The van der Waals surface area contributed by atoms with Crippen LogP contribution in [0.1, 0.15) is 10.5 Å². The van der Waals surface area contributed by atoms with Gasteiger partial charge in [0.05, 0.1) is 5.69 Å². The van der Waals surface area contributed by atoms with Crippen LogP contribution >= 0.6 is 23.2 Å². The van der Waals surface area contributed by atoms with E-state index in [4.69, 9.17) is 28.9 Å². The Hall–Kier alpha value is -3.16. The van der Waals surface area contributed by atoms with Crippen LogP contribution in [0.15, 0.2) is 53.3 Å². The molecule has 9 heteroatoms. The first-order valence-electron chi connectivity index (χ1n) is 7.78. The normalized spacial score (nSPS) is 11.0. The van der Waals surface area contributed by atoms with Crippen LogP contribution < -0.4 is 11.4 Å². The number of nitrogens with two attached hydrogens (primary N) is 1. The molecule has 1 amide bonds. The highest BCUT2D eigenvalue weighted by Crippen LogP contribution is 2.24. The third kappa shape index (κ3) is 3.07. The lowest BCUT2D eigenvalue weighted by Crippen LogP contribution is -2.15. The van der Waals surface area contributed by atoms with Crippen molar-refractivity contribution in [2.24, 2.45) is 5.73 Å². The van der Waals surface area contributed by atoms with Crippen molar-refractivity contribution in [2.45, 2.75) is 0 Å². The van der Waals surface area contributed by atoms with Gasteiger partial charge in [0, 0.05) is 15.6 Å². The second kappa shape index (κ2) is 6.53. The van der Waals surface area contributed by atoms with Gasteiger partial charge in [-0.25, -0.2) is 19.3 Å². The zero-order valence-electron chi connectivity index (χ0n) is 13.6. The Kier molecular flexibility index (Phi) is 4.18. The van der Waals surface area contributed by atoms with Gasteiger partial charge < -0.3 is 10.7 Å². The summed E-state index contributed by atoms with van der Waals surface area (Å²) in [6.07, 6.45) is 0. The molecule has 0 aliphatic carbocycles. The zero-order valence-corrected chi connectivity index (χ0v) is 15.1. The van der Waals surface area contributed by atoms with E-state index in [1.54, 1.807) is 48.5 Å². The number of rotatable bonds is 3. The predicted molar refractivity (Wildman–Crippen MR) is 103 cm³/mol. The zero-order chi connectivity index (χ0) is 19.1. The Bertz CT molecular complexity index is 1260. The van der Waals surface area contributed by atoms with Gasteiger partial charge in [-0.1, -0.05) is 41.4 Å². The number of carbonyl (C=O) groups is 1. The molecule has 3 N–H and O–H groups in total. The number of nitrogens with one attached hydrogen (secondary N) is 1. The first kappa shape index (κ1) is 17.3. The summed E-state index contributed by atoms with van der Waals surface area (Å²) in [6.45, 7) is 0. The average molecular weight is 400 g/mol. The van der Waals surface area contributed by atoms with Crippen LogP contribution in [0, 0.1) is 0 Å². The first-order valence-corrected chi connectivity index (χ1v) is 8.54. The lowest BCUT2D eigenvalue weighted by atomic mass is 10.2. The number of nitrogens with zero attached hydrogens (tertiary/aromatic N) is 3. The molecule has 0 aliphatic heterocycles. The Morgan fingerprint density at radius 3 is 2.41 bits per heavy atom. The molecule has 0 unspecified atom stereocenters. The van der Waals surface area contributed by atoms with E-state index < -0.39 is 11.6 Å². The number of hydrogen-bond acceptors (Lipinski definition) is 4. The highest BCUT2D eigenvalue weighted by Gasteiger charge is 2.20. The fraction of sp³-hybridized carbons (Fsp3) is 0. The molecular weight excluding hydrogens is 389 g/mol. The topological polar surface area (TPSA) is 107 Å². The molecular formula is C18H11Cl2N5O2. The van der Waals surface area contributed by atoms with Crippen LogP contribution in [0.25, 0.3) is 28.2 Å². The van der Waals surface area contributed by atoms with E-state index in [9.17, 15) is 9.59 Å². The number of imidazole rings is 1. The molecule has 2 heterocycles. The van der Waals surface area contributed by atoms with Crippen molar-refractivity contribution >= 4 is 40.3 Å². The standard InChI is InChI=1S/C18H11Cl2N5O2/c19-10-4-1-3-9(7-10)16-22-13(15(21)26)14-17(24-16)25(18(27)23-14)12-6-2-5-11(20)8-12/h1-8H,(H2,21,26)(H,23,27). The Morgan fingerprint density at radius 2 is 1.74 bits per heavy atom. The Labute approximate surface area is 162 Å². The van der Waals surface area contributed by atoms with Crippen LogP contribution in [0.3, 0.4) is 0 Å². The van der Waals surface area contributed by atoms with Crippen LogP contribution in [0.2, 0.25) is 10.0 Å². The summed E-state index contributed by atoms with van der Waals surface area (Å²) in [4.78, 5) is 35.8. The number of halogens is 2. The molecule has 134 valence electrons. The van der Waals surface area contributed by atoms with Gasteiger partial charge in [0.15, 0.2) is 17.2 Å². The molecule has 4 rings (SSSR count). The summed E-state index contributed by atoms with van der Waals surface area (Å²) >= 11 is 12.1. The third-order valence-electron chi connectivity index (χ3n) is 3.92. The molecule has 0 saturated carbocycles. The van der Waals surface area contributed by atoms with Gasteiger partial charge in [-0.05, 0) is 30.3 Å². The Balaban J connectivity index is 2.08. The third-order valence-corrected chi connectivity index (χ3v) is 4.39. The summed E-state index contributed by atoms with van der Waals surface area (Å²) in [5.74, 6) is -0.571. The van der Waals surface area contributed by atoms with Gasteiger partial charge in [-0.3, -0.25) is 4.79 Å². The molecule has 27 heavy (non-hydrogen) atoms. The SMILES string of the molecule is NC(=O)c1nc(-c2cccc(Cl)c2)nc2c1[nH]c(=O)n2-c1cccc(Cl)c1. The number of H-pyrrole nitrogens is 1. The number of benzene rings is 2. The van der Waals surface area contributed by atoms with E-state index in [0.29, 0.717) is 21.3 Å². The van der Waals surface area contributed by atoms with Gasteiger partial charge in [0.2, 0.25) is 0 Å². The summed E-state index contributed by atoms with van der Waals surface area (Å²) < 4.78 is 1.31. The van der Waals surface area contributed by atoms with Crippen LogP contribution in [-0.2, 0) is 0 Å². The van der Waals surface area contributed by atoms with Crippen LogP contribution in [-0.4, -0.2) is 25.4 Å². The number of primary amides is 1. The van der Waals surface area contributed by atoms with Crippen LogP contribution in [0.5, 0.6) is 0 Å². The van der Waals surface area contributed by atoms with E-state index in [1.165, 1.54) is 4.57 Å². The van der Waals surface area contributed by atoms with Crippen molar-refractivity contribution in [2.75, 3.05) is 0 Å². The molecule has 2 aromatic carbocycles. The van der Waals surface area contributed by atoms with Gasteiger partial charge in [-0.15, -0.1) is 0 Å². The predicted octanol–water partition coefficient (Wildman–Crippen LogP) is 3.18. The fourth-order valence-corrected chi connectivity index (χ4v) is 3.15. The van der Waals surface area contributed by atoms with Gasteiger partial charge in [-0.2, -0.15) is 0 Å². The van der Waals surface area contributed by atoms with E-state index >= 15 is 0 Å². The van der Waals surface area contributed by atoms with Crippen molar-refractivity contribution in [3.05, 3.63) is 74.8 Å². The fourth-order valence-electron chi connectivity index (χ4n) is 2.77. The van der Waals surface area contributed by atoms with E-state index in [-0.39, 0.29) is 22.7 Å². The number of aromatic amines is 1. The maximum atomic E-state index is 12.6. The maximum Gasteiger partial charge on any atom is 0.332 e. The molecule has 2 aromatic heterocycles. The molecule has 0 aliphatic rings. The number of aromatic nitrogens is 4. The molecule has 0 saturated heterocycles. The number of hydrogen-bond donors (Lipinski definition) is 2. The number of carbonyl (C=O) groups excluding carboxylic acids is 1. The average Bonchev–Trinajstić information content (AvgIpc) is 2.96. The minimum atomic E-state index is -0.787. The highest BCUT2D eigenvalue weighted by molar-refractivity contribution is 6.31.